The van der Waals surface area contributed by atoms with Crippen molar-refractivity contribution in [3.63, 3.8) is 0 Å². The van der Waals surface area contributed by atoms with Crippen LogP contribution in [-0.2, 0) is 15.9 Å². The Morgan fingerprint density at radius 1 is 1.11 bits per heavy atom. The van der Waals surface area contributed by atoms with Gasteiger partial charge in [-0.15, -0.1) is 0 Å². The van der Waals surface area contributed by atoms with E-state index < -0.39 is 17.9 Å². The molecule has 1 aliphatic heterocycles. The van der Waals surface area contributed by atoms with Crippen LogP contribution in [0.1, 0.15) is 36.7 Å². The van der Waals surface area contributed by atoms with Crippen molar-refractivity contribution in [2.45, 2.75) is 45.2 Å². The van der Waals surface area contributed by atoms with E-state index in [1.807, 2.05) is 32.0 Å². The molecule has 0 saturated carbocycles. The topological polar surface area (TPSA) is 85.2 Å². The van der Waals surface area contributed by atoms with E-state index in [2.05, 4.69) is 6.92 Å². The summed E-state index contributed by atoms with van der Waals surface area (Å²) in [4.78, 5) is 11.1. The minimum absolute atomic E-state index is 0.143. The van der Waals surface area contributed by atoms with Gasteiger partial charge in [0.15, 0.2) is 5.79 Å². The predicted molar refractivity (Wildman–Crippen MR) is 105 cm³/mol. The molecule has 2 atom stereocenters. The molecule has 2 aromatic carbocycles. The quantitative estimate of drug-likeness (QED) is 0.758. The Bertz CT molecular complexity index is 827. The first kappa shape index (κ1) is 20.3. The van der Waals surface area contributed by atoms with Crippen LogP contribution >= 0.6 is 0 Å². The number of aryl methyl sites for hydroxylation is 1. The highest BCUT2D eigenvalue weighted by Crippen LogP contribution is 2.35. The molecule has 0 aromatic heterocycles. The zero-order chi connectivity index (χ0) is 20.3. The van der Waals surface area contributed by atoms with Gasteiger partial charge in [-0.25, -0.2) is 4.79 Å². The van der Waals surface area contributed by atoms with Crippen molar-refractivity contribution in [2.75, 3.05) is 13.2 Å². The van der Waals surface area contributed by atoms with E-state index in [9.17, 15) is 9.90 Å². The molecular weight excluding hydrogens is 360 g/mol. The Morgan fingerprint density at radius 2 is 1.79 bits per heavy atom. The van der Waals surface area contributed by atoms with Crippen molar-refractivity contribution in [3.8, 4) is 16.9 Å². The Balaban J connectivity index is 1.86. The average molecular weight is 386 g/mol. The van der Waals surface area contributed by atoms with Crippen LogP contribution in [0.4, 0.5) is 0 Å². The lowest BCUT2D eigenvalue weighted by atomic mass is 9.96. The van der Waals surface area contributed by atoms with Gasteiger partial charge in [-0.2, -0.15) is 0 Å². The lowest BCUT2D eigenvalue weighted by Gasteiger charge is -2.20. The standard InChI is InChI=1S/C22H26O6/c1-4-14-6-5-7-17(20(14)15-8-10-16(11-9-15)21(24)25)26-13-19-18(12-23)27-22(2,3)28-19/h5-11,18-19,23H,4,12-13H2,1-3H3,(H,24,25)/t18-,19-/m0/s1. The van der Waals surface area contributed by atoms with E-state index in [1.165, 1.54) is 0 Å². The van der Waals surface area contributed by atoms with E-state index in [0.29, 0.717) is 5.75 Å². The van der Waals surface area contributed by atoms with Crippen LogP contribution in [0, 0.1) is 0 Å². The maximum atomic E-state index is 11.1. The summed E-state index contributed by atoms with van der Waals surface area (Å²) in [6, 6.07) is 12.6. The minimum Gasteiger partial charge on any atom is -0.490 e. The molecule has 1 saturated heterocycles. The Morgan fingerprint density at radius 3 is 2.39 bits per heavy atom. The van der Waals surface area contributed by atoms with Gasteiger partial charge in [0.25, 0.3) is 0 Å². The molecule has 28 heavy (non-hydrogen) atoms. The third-order valence-corrected chi connectivity index (χ3v) is 4.78. The number of aliphatic hydroxyl groups excluding tert-OH is 1. The van der Waals surface area contributed by atoms with Crippen molar-refractivity contribution in [2.24, 2.45) is 0 Å². The molecule has 0 unspecified atom stereocenters. The number of aliphatic hydroxyl groups is 1. The van der Waals surface area contributed by atoms with Crippen LogP contribution in [-0.4, -0.2) is 47.4 Å². The van der Waals surface area contributed by atoms with Gasteiger partial charge in [0.1, 0.15) is 24.6 Å². The largest absolute Gasteiger partial charge is 0.490 e. The molecule has 1 aliphatic rings. The first-order chi connectivity index (χ1) is 13.3. The second-order valence-corrected chi connectivity index (χ2v) is 7.23. The number of carbonyl (C=O) groups is 1. The first-order valence-electron chi connectivity index (χ1n) is 9.39. The zero-order valence-electron chi connectivity index (χ0n) is 16.3. The number of benzene rings is 2. The third kappa shape index (κ3) is 4.35. The van der Waals surface area contributed by atoms with E-state index in [-0.39, 0.29) is 24.9 Å². The molecule has 0 bridgehead atoms. The van der Waals surface area contributed by atoms with Crippen molar-refractivity contribution < 1.29 is 29.2 Å². The minimum atomic E-state index is -0.956. The van der Waals surface area contributed by atoms with Gasteiger partial charge in [-0.1, -0.05) is 31.2 Å². The first-order valence-corrected chi connectivity index (χ1v) is 9.39. The fraction of sp³-hybridized carbons (Fsp3) is 0.409. The van der Waals surface area contributed by atoms with E-state index in [1.54, 1.807) is 24.3 Å². The molecule has 2 aromatic rings. The van der Waals surface area contributed by atoms with Crippen LogP contribution < -0.4 is 4.74 Å². The summed E-state index contributed by atoms with van der Waals surface area (Å²) >= 11 is 0. The maximum absolute atomic E-state index is 11.1. The van der Waals surface area contributed by atoms with Gasteiger partial charge >= 0.3 is 5.97 Å². The van der Waals surface area contributed by atoms with Crippen LogP contribution in [0.3, 0.4) is 0 Å². The fourth-order valence-corrected chi connectivity index (χ4v) is 3.48. The molecule has 150 valence electrons. The smallest absolute Gasteiger partial charge is 0.335 e. The molecule has 0 aliphatic carbocycles. The number of carboxylic acid groups (broad SMARTS) is 1. The lowest BCUT2D eigenvalue weighted by molar-refractivity contribution is -0.150. The van der Waals surface area contributed by atoms with E-state index >= 15 is 0 Å². The Kier molecular flexibility index (Phi) is 6.03. The third-order valence-electron chi connectivity index (χ3n) is 4.78. The normalized spacial score (nSPS) is 20.9. The molecule has 1 heterocycles. The van der Waals surface area contributed by atoms with Gasteiger partial charge in [-0.05, 0) is 49.6 Å². The van der Waals surface area contributed by atoms with Gasteiger partial charge in [-0.3, -0.25) is 0 Å². The van der Waals surface area contributed by atoms with E-state index in [0.717, 1.165) is 23.1 Å². The van der Waals surface area contributed by atoms with Crippen LogP contribution in [0.15, 0.2) is 42.5 Å². The summed E-state index contributed by atoms with van der Waals surface area (Å²) in [6.45, 7) is 5.77. The molecule has 6 heteroatoms. The monoisotopic (exact) mass is 386 g/mol. The highest BCUT2D eigenvalue weighted by molar-refractivity contribution is 5.88. The summed E-state index contributed by atoms with van der Waals surface area (Å²) in [7, 11) is 0. The van der Waals surface area contributed by atoms with Crippen molar-refractivity contribution in [1.82, 2.24) is 0 Å². The SMILES string of the molecule is CCc1cccc(OC[C@@H]2OC(C)(C)O[C@H]2CO)c1-c1ccc(C(=O)O)cc1. The molecule has 0 spiro atoms. The maximum Gasteiger partial charge on any atom is 0.335 e. The van der Waals surface area contributed by atoms with Crippen LogP contribution in [0.5, 0.6) is 5.75 Å². The van der Waals surface area contributed by atoms with Gasteiger partial charge in [0.05, 0.1) is 12.2 Å². The number of hydrogen-bond acceptors (Lipinski definition) is 5. The van der Waals surface area contributed by atoms with Gasteiger partial charge in [0.2, 0.25) is 0 Å². The molecule has 3 rings (SSSR count). The fourth-order valence-electron chi connectivity index (χ4n) is 3.48. The summed E-state index contributed by atoms with van der Waals surface area (Å²) in [5.74, 6) is -1.03. The van der Waals surface area contributed by atoms with Gasteiger partial charge < -0.3 is 24.4 Å². The summed E-state index contributed by atoms with van der Waals surface area (Å²) < 4.78 is 17.6. The molecule has 0 amide bonds. The zero-order valence-corrected chi connectivity index (χ0v) is 16.3. The predicted octanol–water partition coefficient (Wildman–Crippen LogP) is 3.51. The molecule has 2 N–H and O–H groups in total. The molecule has 1 fully saturated rings. The van der Waals surface area contributed by atoms with Crippen molar-refractivity contribution >= 4 is 5.97 Å². The number of ether oxygens (including phenoxy) is 3. The highest BCUT2D eigenvalue weighted by Gasteiger charge is 2.41. The van der Waals surface area contributed by atoms with Crippen LogP contribution in [0.25, 0.3) is 11.1 Å². The molecular formula is C22H26O6. The summed E-state index contributed by atoms with van der Waals surface area (Å²) in [5.41, 5.74) is 3.16. The Hall–Kier alpha value is -2.41. The molecule has 6 nitrogen and oxygen atoms in total. The lowest BCUT2D eigenvalue weighted by Crippen LogP contribution is -2.31. The second kappa shape index (κ2) is 8.31. The molecule has 0 radical (unpaired) electrons. The summed E-state index contributed by atoms with van der Waals surface area (Å²) in [6.07, 6.45) is -0.0158. The Labute approximate surface area is 164 Å². The van der Waals surface area contributed by atoms with E-state index in [4.69, 9.17) is 19.3 Å². The average Bonchev–Trinajstić information content (AvgIpc) is 2.99. The highest BCUT2D eigenvalue weighted by atomic mass is 16.8. The number of carboxylic acids is 1. The van der Waals surface area contributed by atoms with Crippen molar-refractivity contribution in [1.29, 1.82) is 0 Å². The number of rotatable bonds is 7. The van der Waals surface area contributed by atoms with Crippen LogP contribution in [0.2, 0.25) is 0 Å². The van der Waals surface area contributed by atoms with Gasteiger partial charge in [0, 0.05) is 5.56 Å². The summed E-state index contributed by atoms with van der Waals surface area (Å²) in [5, 5.41) is 18.7. The van der Waals surface area contributed by atoms with Crippen molar-refractivity contribution in [3.05, 3.63) is 53.6 Å². The second-order valence-electron chi connectivity index (χ2n) is 7.23. The number of hydrogen-bond donors (Lipinski definition) is 2. The number of aromatic carboxylic acids is 1.